The summed E-state index contributed by atoms with van der Waals surface area (Å²) in [6.45, 7) is 1.58. The zero-order valence-corrected chi connectivity index (χ0v) is 13.9. The number of aliphatic hydroxyl groups excluding tert-OH is 1. The summed E-state index contributed by atoms with van der Waals surface area (Å²) in [5.41, 5.74) is 2.05. The third-order valence-electron chi connectivity index (χ3n) is 4.83. The second kappa shape index (κ2) is 7.16. The molecule has 0 aromatic carbocycles. The second-order valence-corrected chi connectivity index (χ2v) is 6.59. The lowest BCUT2D eigenvalue weighted by atomic mass is 10.1. The maximum Gasteiger partial charge on any atom is 0.0945 e. The molecule has 0 bridgehead atoms. The molecule has 0 aliphatic heterocycles. The Kier molecular flexibility index (Phi) is 4.58. The van der Waals surface area contributed by atoms with Crippen LogP contribution in [0.1, 0.15) is 18.5 Å². The van der Waals surface area contributed by atoms with E-state index in [0.717, 1.165) is 30.8 Å². The highest BCUT2D eigenvalue weighted by molar-refractivity contribution is 5.30. The highest BCUT2D eigenvalue weighted by Crippen LogP contribution is 2.28. The summed E-state index contributed by atoms with van der Waals surface area (Å²) in [4.78, 5) is 8.13. The molecule has 2 N–H and O–H groups in total. The van der Waals surface area contributed by atoms with Gasteiger partial charge in [0.2, 0.25) is 0 Å². The van der Waals surface area contributed by atoms with Gasteiger partial charge in [-0.1, -0.05) is 0 Å². The lowest BCUT2D eigenvalue weighted by Crippen LogP contribution is -2.35. The van der Waals surface area contributed by atoms with Crippen LogP contribution in [0.15, 0.2) is 55.5 Å². The third-order valence-corrected chi connectivity index (χ3v) is 4.83. The number of aromatic nitrogens is 5. The number of rotatable bonds is 6. The maximum atomic E-state index is 10.4. The Hall–Kier alpha value is -2.51. The van der Waals surface area contributed by atoms with Crippen LogP contribution < -0.4 is 5.32 Å². The Morgan fingerprint density at radius 1 is 1.08 bits per heavy atom. The van der Waals surface area contributed by atoms with E-state index in [-0.39, 0.29) is 12.1 Å². The van der Waals surface area contributed by atoms with E-state index in [2.05, 4.69) is 25.0 Å². The predicted molar refractivity (Wildman–Crippen MR) is 92.9 cm³/mol. The van der Waals surface area contributed by atoms with Crippen LogP contribution in [0.2, 0.25) is 0 Å². The van der Waals surface area contributed by atoms with Crippen molar-refractivity contribution in [2.24, 2.45) is 5.92 Å². The van der Waals surface area contributed by atoms with Crippen LogP contribution in [0.3, 0.4) is 0 Å². The SMILES string of the molecule is O[C@@H]1CC(Cn2ccnc2)C[C@H]1NCc1ccnn1-c1ccncc1. The lowest BCUT2D eigenvalue weighted by molar-refractivity contribution is 0.145. The quantitative estimate of drug-likeness (QED) is 0.710. The zero-order valence-electron chi connectivity index (χ0n) is 13.9. The predicted octanol–water partition coefficient (Wildman–Crippen LogP) is 1.39. The molecule has 0 saturated heterocycles. The molecular formula is C18H22N6O. The molecule has 1 unspecified atom stereocenters. The van der Waals surface area contributed by atoms with Crippen molar-refractivity contribution in [3.8, 4) is 5.69 Å². The first-order chi connectivity index (χ1) is 12.3. The number of nitrogens with zero attached hydrogens (tertiary/aromatic N) is 5. The van der Waals surface area contributed by atoms with Crippen LogP contribution in [-0.2, 0) is 13.1 Å². The van der Waals surface area contributed by atoms with Crippen LogP contribution >= 0.6 is 0 Å². The minimum Gasteiger partial charge on any atom is -0.391 e. The van der Waals surface area contributed by atoms with Crippen LogP contribution in [0.25, 0.3) is 5.69 Å². The summed E-state index contributed by atoms with van der Waals surface area (Å²) in [6.07, 6.45) is 12.4. The number of pyridine rings is 1. The molecule has 1 aliphatic rings. The number of nitrogens with one attached hydrogen (secondary N) is 1. The highest BCUT2D eigenvalue weighted by Gasteiger charge is 2.32. The fourth-order valence-corrected chi connectivity index (χ4v) is 3.60. The van der Waals surface area contributed by atoms with Gasteiger partial charge in [0.15, 0.2) is 0 Å². The zero-order chi connectivity index (χ0) is 17.1. The summed E-state index contributed by atoms with van der Waals surface area (Å²) in [7, 11) is 0. The molecule has 130 valence electrons. The van der Waals surface area contributed by atoms with Crippen molar-refractivity contribution in [1.82, 2.24) is 29.6 Å². The van der Waals surface area contributed by atoms with Crippen molar-refractivity contribution in [3.05, 3.63) is 61.2 Å². The minimum absolute atomic E-state index is 0.106. The Bertz CT molecular complexity index is 785. The molecule has 3 heterocycles. The Balaban J connectivity index is 1.37. The molecule has 1 fully saturated rings. The van der Waals surface area contributed by atoms with E-state index in [0.29, 0.717) is 12.5 Å². The Labute approximate surface area is 146 Å². The first kappa shape index (κ1) is 16.0. The summed E-state index contributed by atoms with van der Waals surface area (Å²) >= 11 is 0. The summed E-state index contributed by atoms with van der Waals surface area (Å²) < 4.78 is 3.98. The average Bonchev–Trinajstić information content (AvgIpc) is 3.36. The molecular weight excluding hydrogens is 316 g/mol. The first-order valence-electron chi connectivity index (χ1n) is 8.60. The van der Waals surface area contributed by atoms with Crippen LogP contribution in [-0.4, -0.2) is 41.6 Å². The number of aliphatic hydroxyl groups is 1. The van der Waals surface area contributed by atoms with Gasteiger partial charge in [-0.2, -0.15) is 5.10 Å². The average molecular weight is 338 g/mol. The minimum atomic E-state index is -0.314. The van der Waals surface area contributed by atoms with Gasteiger partial charge in [-0.3, -0.25) is 4.98 Å². The molecule has 3 aromatic heterocycles. The topological polar surface area (TPSA) is 80.8 Å². The molecule has 0 spiro atoms. The van der Waals surface area contributed by atoms with Gasteiger partial charge in [0.1, 0.15) is 0 Å². The summed E-state index contributed by atoms with van der Waals surface area (Å²) in [5.74, 6) is 0.465. The van der Waals surface area contributed by atoms with E-state index in [1.165, 1.54) is 0 Å². The Morgan fingerprint density at radius 2 is 1.96 bits per heavy atom. The molecule has 3 aromatic rings. The van der Waals surface area contributed by atoms with E-state index >= 15 is 0 Å². The van der Waals surface area contributed by atoms with Gasteiger partial charge in [0, 0.05) is 50.1 Å². The van der Waals surface area contributed by atoms with Gasteiger partial charge in [0.05, 0.1) is 23.8 Å². The Morgan fingerprint density at radius 3 is 2.76 bits per heavy atom. The van der Waals surface area contributed by atoms with Crippen molar-refractivity contribution in [2.75, 3.05) is 0 Å². The molecule has 4 rings (SSSR count). The molecule has 3 atom stereocenters. The van der Waals surface area contributed by atoms with Gasteiger partial charge in [-0.15, -0.1) is 0 Å². The molecule has 1 saturated carbocycles. The first-order valence-corrected chi connectivity index (χ1v) is 8.60. The normalized spacial score (nSPS) is 23.2. The summed E-state index contributed by atoms with van der Waals surface area (Å²) in [6, 6.07) is 5.97. The molecule has 0 amide bonds. The molecule has 7 heteroatoms. The monoisotopic (exact) mass is 338 g/mol. The van der Waals surface area contributed by atoms with Crippen LogP contribution in [0.4, 0.5) is 0 Å². The van der Waals surface area contributed by atoms with E-state index < -0.39 is 0 Å². The molecule has 0 radical (unpaired) electrons. The smallest absolute Gasteiger partial charge is 0.0945 e. The largest absolute Gasteiger partial charge is 0.391 e. The number of imidazole rings is 1. The number of hydrogen-bond donors (Lipinski definition) is 2. The van der Waals surface area contributed by atoms with Crippen molar-refractivity contribution in [3.63, 3.8) is 0 Å². The number of hydrogen-bond acceptors (Lipinski definition) is 5. The van der Waals surface area contributed by atoms with Crippen molar-refractivity contribution < 1.29 is 5.11 Å². The molecule has 25 heavy (non-hydrogen) atoms. The lowest BCUT2D eigenvalue weighted by Gasteiger charge is -2.17. The fraction of sp³-hybridized carbons (Fsp3) is 0.389. The standard InChI is InChI=1S/C18H22N6O/c25-18-10-14(12-23-8-7-20-13-23)9-17(18)21-11-16-3-6-22-24(16)15-1-4-19-5-2-15/h1-8,13-14,17-18,21,25H,9-12H2/t14?,17-,18-/m1/s1. The third kappa shape index (κ3) is 3.62. The highest BCUT2D eigenvalue weighted by atomic mass is 16.3. The van der Waals surface area contributed by atoms with E-state index in [1.54, 1.807) is 24.8 Å². The van der Waals surface area contributed by atoms with Gasteiger partial charge in [0.25, 0.3) is 0 Å². The van der Waals surface area contributed by atoms with Gasteiger partial charge < -0.3 is 15.0 Å². The fourth-order valence-electron chi connectivity index (χ4n) is 3.60. The molecule has 7 nitrogen and oxygen atoms in total. The van der Waals surface area contributed by atoms with Gasteiger partial charge in [-0.05, 0) is 37.0 Å². The van der Waals surface area contributed by atoms with Crippen molar-refractivity contribution >= 4 is 0 Å². The van der Waals surface area contributed by atoms with E-state index in [9.17, 15) is 5.11 Å². The second-order valence-electron chi connectivity index (χ2n) is 6.59. The molecule has 1 aliphatic carbocycles. The van der Waals surface area contributed by atoms with Crippen LogP contribution in [0.5, 0.6) is 0 Å². The van der Waals surface area contributed by atoms with E-state index in [4.69, 9.17) is 0 Å². The van der Waals surface area contributed by atoms with E-state index in [1.807, 2.05) is 35.4 Å². The van der Waals surface area contributed by atoms with Crippen LogP contribution in [0, 0.1) is 5.92 Å². The van der Waals surface area contributed by atoms with Gasteiger partial charge >= 0.3 is 0 Å². The van der Waals surface area contributed by atoms with Gasteiger partial charge in [-0.25, -0.2) is 9.67 Å². The maximum absolute atomic E-state index is 10.4. The van der Waals surface area contributed by atoms with Crippen molar-refractivity contribution in [1.29, 1.82) is 0 Å². The summed E-state index contributed by atoms with van der Waals surface area (Å²) in [5, 5.41) is 18.3. The van der Waals surface area contributed by atoms with Crippen molar-refractivity contribution in [2.45, 2.75) is 38.1 Å².